The average molecular weight is 458 g/mol. The SMILES string of the molecule is N#Cc1ccc(N2CCN(c3ccc(S(=O)(=O)C(F)(F)F)cc3[N+](=O)[O-])CC2)c(F)c1. The maximum atomic E-state index is 14.2. The zero-order valence-electron chi connectivity index (χ0n) is 15.6. The molecule has 31 heavy (non-hydrogen) atoms. The predicted molar refractivity (Wildman–Crippen MR) is 102 cm³/mol. The summed E-state index contributed by atoms with van der Waals surface area (Å²) in [6.07, 6.45) is 0. The number of hydrogen-bond donors (Lipinski definition) is 0. The molecule has 0 radical (unpaired) electrons. The lowest BCUT2D eigenvalue weighted by Crippen LogP contribution is -2.47. The quantitative estimate of drug-likeness (QED) is 0.393. The molecule has 0 aliphatic carbocycles. The lowest BCUT2D eigenvalue weighted by molar-refractivity contribution is -0.384. The summed E-state index contributed by atoms with van der Waals surface area (Å²) in [5, 5.41) is 20.2. The van der Waals surface area contributed by atoms with Crippen LogP contribution >= 0.6 is 0 Å². The van der Waals surface area contributed by atoms with E-state index >= 15 is 0 Å². The number of nitro groups is 1. The third-order valence-electron chi connectivity index (χ3n) is 4.80. The lowest BCUT2D eigenvalue weighted by atomic mass is 10.1. The second-order valence-corrected chi connectivity index (χ2v) is 8.55. The third-order valence-corrected chi connectivity index (χ3v) is 6.28. The van der Waals surface area contributed by atoms with Crippen LogP contribution in [0.25, 0.3) is 0 Å². The number of hydrogen-bond acceptors (Lipinski definition) is 7. The van der Waals surface area contributed by atoms with E-state index < -0.39 is 36.7 Å². The predicted octanol–water partition coefficient (Wildman–Crippen LogP) is 3.23. The number of alkyl halides is 3. The highest BCUT2D eigenvalue weighted by atomic mass is 32.2. The second kappa shape index (κ2) is 8.03. The van der Waals surface area contributed by atoms with Crippen molar-refractivity contribution in [1.82, 2.24) is 0 Å². The van der Waals surface area contributed by atoms with E-state index in [0.717, 1.165) is 12.1 Å². The van der Waals surface area contributed by atoms with Crippen molar-refractivity contribution >= 4 is 26.9 Å². The summed E-state index contributed by atoms with van der Waals surface area (Å²) < 4.78 is 75.7. The summed E-state index contributed by atoms with van der Waals surface area (Å²) in [6, 6.07) is 7.85. The van der Waals surface area contributed by atoms with Gasteiger partial charge >= 0.3 is 5.51 Å². The van der Waals surface area contributed by atoms with E-state index in [0.29, 0.717) is 12.1 Å². The summed E-state index contributed by atoms with van der Waals surface area (Å²) in [4.78, 5) is 12.4. The van der Waals surface area contributed by atoms with Crippen molar-refractivity contribution < 1.29 is 30.9 Å². The van der Waals surface area contributed by atoms with Crippen LogP contribution in [0.3, 0.4) is 0 Å². The zero-order chi connectivity index (χ0) is 23.0. The second-order valence-electron chi connectivity index (χ2n) is 6.61. The molecule has 8 nitrogen and oxygen atoms in total. The molecule has 0 bridgehead atoms. The first kappa shape index (κ1) is 22.3. The monoisotopic (exact) mass is 458 g/mol. The minimum absolute atomic E-state index is 0.0360. The number of rotatable bonds is 4. The molecule has 0 atom stereocenters. The Bertz CT molecular complexity index is 1170. The van der Waals surface area contributed by atoms with Gasteiger partial charge in [-0.05, 0) is 30.3 Å². The van der Waals surface area contributed by atoms with E-state index in [4.69, 9.17) is 5.26 Å². The Morgan fingerprint density at radius 1 is 1.00 bits per heavy atom. The summed E-state index contributed by atoms with van der Waals surface area (Å²) >= 11 is 0. The van der Waals surface area contributed by atoms with Gasteiger partial charge in [-0.25, -0.2) is 12.8 Å². The van der Waals surface area contributed by atoms with E-state index in [1.54, 1.807) is 4.90 Å². The van der Waals surface area contributed by atoms with E-state index in [2.05, 4.69) is 0 Å². The first-order valence-electron chi connectivity index (χ1n) is 8.75. The van der Waals surface area contributed by atoms with Gasteiger partial charge in [0.25, 0.3) is 15.5 Å². The van der Waals surface area contributed by atoms with Crippen molar-refractivity contribution in [2.45, 2.75) is 10.4 Å². The molecule has 0 spiro atoms. The van der Waals surface area contributed by atoms with Crippen LogP contribution in [0.1, 0.15) is 5.56 Å². The molecular formula is C18H14F4N4O4S. The Labute approximate surface area is 174 Å². The van der Waals surface area contributed by atoms with Crippen LogP contribution < -0.4 is 9.80 Å². The Kier molecular flexibility index (Phi) is 5.77. The van der Waals surface area contributed by atoms with Crippen LogP contribution in [0.2, 0.25) is 0 Å². The zero-order valence-corrected chi connectivity index (χ0v) is 16.5. The number of nitrogens with zero attached hydrogens (tertiary/aromatic N) is 4. The molecule has 0 unspecified atom stereocenters. The largest absolute Gasteiger partial charge is 0.501 e. The molecule has 2 aromatic carbocycles. The van der Waals surface area contributed by atoms with Crippen molar-refractivity contribution in [3.05, 3.63) is 57.9 Å². The molecule has 164 valence electrons. The summed E-state index contributed by atoms with van der Waals surface area (Å²) in [5.74, 6) is -0.597. The highest BCUT2D eigenvalue weighted by molar-refractivity contribution is 7.92. The molecule has 3 rings (SSSR count). The van der Waals surface area contributed by atoms with Gasteiger partial charge in [0.15, 0.2) is 0 Å². The first-order valence-corrected chi connectivity index (χ1v) is 10.2. The fourth-order valence-corrected chi connectivity index (χ4v) is 4.02. The smallest absolute Gasteiger partial charge is 0.366 e. The minimum Gasteiger partial charge on any atom is -0.366 e. The maximum absolute atomic E-state index is 14.2. The highest BCUT2D eigenvalue weighted by Gasteiger charge is 2.47. The first-order chi connectivity index (χ1) is 14.5. The van der Waals surface area contributed by atoms with Gasteiger partial charge in [0.05, 0.1) is 27.1 Å². The van der Waals surface area contributed by atoms with Crippen LogP contribution in [-0.2, 0) is 9.84 Å². The maximum Gasteiger partial charge on any atom is 0.501 e. The molecule has 1 aliphatic rings. The Morgan fingerprint density at radius 2 is 1.55 bits per heavy atom. The van der Waals surface area contributed by atoms with Gasteiger partial charge in [0.1, 0.15) is 11.5 Å². The van der Waals surface area contributed by atoms with Crippen molar-refractivity contribution in [2.75, 3.05) is 36.0 Å². The van der Waals surface area contributed by atoms with Gasteiger partial charge in [0, 0.05) is 32.2 Å². The molecule has 0 N–H and O–H groups in total. The molecular weight excluding hydrogens is 444 g/mol. The third kappa shape index (κ3) is 4.24. The number of piperazine rings is 1. The van der Waals surface area contributed by atoms with Crippen molar-refractivity contribution in [2.24, 2.45) is 0 Å². The van der Waals surface area contributed by atoms with E-state index in [9.17, 15) is 36.1 Å². The number of halogens is 4. The standard InChI is InChI=1S/C18H14F4N4O4S/c19-14-9-12(11-23)1-3-15(14)24-5-7-25(8-6-24)16-4-2-13(10-17(16)26(27)28)31(29,30)18(20,21)22/h1-4,9-10H,5-8H2. The van der Waals surface area contributed by atoms with Gasteiger partial charge < -0.3 is 9.80 Å². The summed E-state index contributed by atoms with van der Waals surface area (Å²) in [7, 11) is -5.73. The average Bonchev–Trinajstić information content (AvgIpc) is 2.72. The number of benzene rings is 2. The van der Waals surface area contributed by atoms with Crippen molar-refractivity contribution in [1.29, 1.82) is 5.26 Å². The van der Waals surface area contributed by atoms with E-state index in [1.807, 2.05) is 6.07 Å². The van der Waals surface area contributed by atoms with Gasteiger partial charge in [-0.2, -0.15) is 18.4 Å². The van der Waals surface area contributed by atoms with Crippen LogP contribution in [0, 0.1) is 27.3 Å². The Balaban J connectivity index is 1.85. The molecule has 1 saturated heterocycles. The lowest BCUT2D eigenvalue weighted by Gasteiger charge is -2.37. The fourth-order valence-electron chi connectivity index (χ4n) is 3.24. The molecule has 1 fully saturated rings. The van der Waals surface area contributed by atoms with Gasteiger partial charge in [-0.1, -0.05) is 0 Å². The molecule has 1 heterocycles. The number of sulfone groups is 1. The van der Waals surface area contributed by atoms with E-state index in [1.165, 1.54) is 17.0 Å². The van der Waals surface area contributed by atoms with E-state index in [-0.39, 0.29) is 43.1 Å². The number of nitriles is 1. The fraction of sp³-hybridized carbons (Fsp3) is 0.278. The summed E-state index contributed by atoms with van der Waals surface area (Å²) in [5.41, 5.74) is -5.99. The molecule has 2 aromatic rings. The molecule has 0 amide bonds. The Hall–Kier alpha value is -3.40. The number of anilines is 2. The van der Waals surface area contributed by atoms with Crippen LogP contribution in [0.4, 0.5) is 34.6 Å². The van der Waals surface area contributed by atoms with Crippen molar-refractivity contribution in [3.63, 3.8) is 0 Å². The topological polar surface area (TPSA) is 108 Å². The van der Waals surface area contributed by atoms with Crippen LogP contribution in [0.15, 0.2) is 41.3 Å². The van der Waals surface area contributed by atoms with Gasteiger partial charge in [-0.3, -0.25) is 10.1 Å². The molecule has 0 saturated carbocycles. The normalized spacial score (nSPS) is 14.9. The van der Waals surface area contributed by atoms with Gasteiger partial charge in [-0.15, -0.1) is 0 Å². The summed E-state index contributed by atoms with van der Waals surface area (Å²) in [6.45, 7) is 0.822. The number of nitro benzene ring substituents is 1. The highest BCUT2D eigenvalue weighted by Crippen LogP contribution is 2.36. The van der Waals surface area contributed by atoms with Crippen molar-refractivity contribution in [3.8, 4) is 6.07 Å². The van der Waals surface area contributed by atoms with Gasteiger partial charge in [0.2, 0.25) is 0 Å². The molecule has 13 heteroatoms. The van der Waals surface area contributed by atoms with Crippen LogP contribution in [-0.4, -0.2) is 45.0 Å². The molecule has 1 aliphatic heterocycles. The van der Waals surface area contributed by atoms with Crippen LogP contribution in [0.5, 0.6) is 0 Å². The Morgan fingerprint density at radius 3 is 2.03 bits per heavy atom. The molecule has 0 aromatic heterocycles. The minimum atomic E-state index is -5.73.